The van der Waals surface area contributed by atoms with E-state index in [2.05, 4.69) is 4.98 Å². The molecule has 0 fully saturated rings. The fourth-order valence-corrected chi connectivity index (χ4v) is 2.41. The third-order valence-corrected chi connectivity index (χ3v) is 3.40. The molecule has 0 aliphatic rings. The van der Waals surface area contributed by atoms with E-state index >= 15 is 0 Å². The van der Waals surface area contributed by atoms with Gasteiger partial charge in [0.05, 0.1) is 18.3 Å². The second-order valence-corrected chi connectivity index (χ2v) is 4.73. The number of nitrogens with zero attached hydrogens (tertiary/aromatic N) is 2. The minimum Gasteiger partial charge on any atom is -0.497 e. The van der Waals surface area contributed by atoms with E-state index in [-0.39, 0.29) is 0 Å². The van der Waals surface area contributed by atoms with Crippen molar-refractivity contribution in [2.24, 2.45) is 0 Å². The van der Waals surface area contributed by atoms with Gasteiger partial charge in [0, 0.05) is 12.7 Å². The number of imidazole rings is 1. The Morgan fingerprint density at radius 1 is 1.14 bits per heavy atom. The lowest BCUT2D eigenvalue weighted by atomic mass is 10.2. The van der Waals surface area contributed by atoms with Gasteiger partial charge in [0.15, 0.2) is 0 Å². The zero-order valence-electron chi connectivity index (χ0n) is 12.0. The molecule has 3 rings (SSSR count). The first-order valence-corrected chi connectivity index (χ1v) is 6.62. The highest BCUT2D eigenvalue weighted by molar-refractivity contribution is 5.90. The van der Waals surface area contributed by atoms with Crippen molar-refractivity contribution in [2.45, 2.75) is 6.73 Å². The Kier molecular flexibility index (Phi) is 3.50. The maximum atomic E-state index is 6.03. The van der Waals surface area contributed by atoms with Gasteiger partial charge in [0.2, 0.25) is 0 Å². The molecule has 21 heavy (non-hydrogen) atoms. The van der Waals surface area contributed by atoms with Crippen LogP contribution in [0.25, 0.3) is 22.4 Å². The topological polar surface area (TPSA) is 62.3 Å². The molecule has 0 radical (unpaired) electrons. The number of rotatable bonds is 4. The predicted octanol–water partition coefficient (Wildman–Crippen LogP) is 2.90. The summed E-state index contributed by atoms with van der Waals surface area (Å²) in [5, 5.41) is 0. The second kappa shape index (κ2) is 5.46. The number of nitrogen functional groups attached to an aromatic ring is 1. The molecular weight excluding hydrogens is 266 g/mol. The first kappa shape index (κ1) is 13.5. The highest BCUT2D eigenvalue weighted by Crippen LogP contribution is 2.29. The summed E-state index contributed by atoms with van der Waals surface area (Å²) < 4.78 is 12.6. The van der Waals surface area contributed by atoms with Gasteiger partial charge in [-0.15, -0.1) is 0 Å². The summed E-state index contributed by atoms with van der Waals surface area (Å²) >= 11 is 0. The van der Waals surface area contributed by atoms with Gasteiger partial charge >= 0.3 is 0 Å². The quantitative estimate of drug-likeness (QED) is 0.748. The summed E-state index contributed by atoms with van der Waals surface area (Å²) in [6, 6.07) is 13.5. The molecule has 1 heterocycles. The van der Waals surface area contributed by atoms with E-state index in [1.807, 2.05) is 47.0 Å². The Morgan fingerprint density at radius 3 is 2.71 bits per heavy atom. The molecule has 0 spiro atoms. The van der Waals surface area contributed by atoms with Crippen LogP contribution < -0.4 is 10.5 Å². The minimum absolute atomic E-state index is 0.409. The van der Waals surface area contributed by atoms with E-state index in [4.69, 9.17) is 15.2 Å². The number of aromatic nitrogens is 2. The van der Waals surface area contributed by atoms with Crippen LogP contribution in [0.2, 0.25) is 0 Å². The van der Waals surface area contributed by atoms with E-state index in [0.29, 0.717) is 12.4 Å². The fraction of sp³-hybridized carbons (Fsp3) is 0.188. The molecule has 0 saturated carbocycles. The second-order valence-electron chi connectivity index (χ2n) is 4.73. The van der Waals surface area contributed by atoms with Crippen molar-refractivity contribution in [3.05, 3.63) is 42.5 Å². The molecule has 2 N–H and O–H groups in total. The number of nitrogens with two attached hydrogens (primary N) is 1. The fourth-order valence-electron chi connectivity index (χ4n) is 2.41. The van der Waals surface area contributed by atoms with Crippen LogP contribution in [0.5, 0.6) is 5.75 Å². The summed E-state index contributed by atoms with van der Waals surface area (Å²) in [7, 11) is 3.31. The molecule has 0 unspecified atom stereocenters. The van der Waals surface area contributed by atoms with Crippen molar-refractivity contribution in [3.63, 3.8) is 0 Å². The molecule has 5 nitrogen and oxygen atoms in total. The van der Waals surface area contributed by atoms with Crippen molar-refractivity contribution < 1.29 is 9.47 Å². The molecule has 0 atom stereocenters. The van der Waals surface area contributed by atoms with Crippen LogP contribution in [-0.4, -0.2) is 23.8 Å². The number of hydrogen-bond acceptors (Lipinski definition) is 4. The SMILES string of the molecule is COCn1c(-c2cccc(OC)c2)nc2c(N)cccc21. The van der Waals surface area contributed by atoms with E-state index in [1.165, 1.54) is 0 Å². The Morgan fingerprint density at radius 2 is 1.95 bits per heavy atom. The molecule has 3 aromatic rings. The first-order chi connectivity index (χ1) is 10.2. The van der Waals surface area contributed by atoms with Crippen molar-refractivity contribution in [1.29, 1.82) is 0 Å². The normalized spacial score (nSPS) is 11.0. The average Bonchev–Trinajstić information content (AvgIpc) is 2.88. The van der Waals surface area contributed by atoms with Crippen LogP contribution in [0.4, 0.5) is 5.69 Å². The summed E-state index contributed by atoms with van der Waals surface area (Å²) in [6.07, 6.45) is 0. The molecule has 0 amide bonds. The number of methoxy groups -OCH3 is 2. The van der Waals surface area contributed by atoms with E-state index in [0.717, 1.165) is 28.2 Å². The zero-order chi connectivity index (χ0) is 14.8. The van der Waals surface area contributed by atoms with Crippen LogP contribution in [0.3, 0.4) is 0 Å². The molecule has 0 aliphatic heterocycles. The van der Waals surface area contributed by atoms with Gasteiger partial charge in [-0.1, -0.05) is 18.2 Å². The first-order valence-electron chi connectivity index (χ1n) is 6.62. The van der Waals surface area contributed by atoms with Crippen LogP contribution in [0.15, 0.2) is 42.5 Å². The maximum Gasteiger partial charge on any atom is 0.143 e. The van der Waals surface area contributed by atoms with Gasteiger partial charge in [0.25, 0.3) is 0 Å². The number of anilines is 1. The Bertz CT molecular complexity index is 780. The number of para-hydroxylation sites is 1. The van der Waals surface area contributed by atoms with Crippen molar-refractivity contribution in [2.75, 3.05) is 20.0 Å². The third kappa shape index (κ3) is 2.32. The van der Waals surface area contributed by atoms with Gasteiger partial charge in [-0.25, -0.2) is 4.98 Å². The Hall–Kier alpha value is -2.53. The largest absolute Gasteiger partial charge is 0.497 e. The number of benzene rings is 2. The summed E-state index contributed by atoms with van der Waals surface area (Å²) in [6.45, 7) is 0.409. The molecule has 1 aromatic heterocycles. The number of hydrogen-bond donors (Lipinski definition) is 1. The number of fused-ring (bicyclic) bond motifs is 1. The average molecular weight is 283 g/mol. The molecule has 5 heteroatoms. The Balaban J connectivity index is 2.25. The summed E-state index contributed by atoms with van der Waals surface area (Å²) in [5.74, 6) is 1.60. The van der Waals surface area contributed by atoms with Gasteiger partial charge in [-0.2, -0.15) is 0 Å². The lowest BCUT2D eigenvalue weighted by Crippen LogP contribution is -2.02. The summed E-state index contributed by atoms with van der Waals surface area (Å²) in [5.41, 5.74) is 9.38. The molecule has 0 aliphatic carbocycles. The van der Waals surface area contributed by atoms with Gasteiger partial charge < -0.3 is 15.2 Å². The highest BCUT2D eigenvalue weighted by Gasteiger charge is 2.14. The standard InChI is InChI=1S/C16H17N3O2/c1-20-10-19-14-8-4-7-13(17)15(14)18-16(19)11-5-3-6-12(9-11)21-2/h3-9H,10,17H2,1-2H3. The van der Waals surface area contributed by atoms with Crippen molar-refractivity contribution >= 4 is 16.7 Å². The van der Waals surface area contributed by atoms with E-state index < -0.39 is 0 Å². The third-order valence-electron chi connectivity index (χ3n) is 3.40. The maximum absolute atomic E-state index is 6.03. The van der Waals surface area contributed by atoms with Crippen molar-refractivity contribution in [3.8, 4) is 17.1 Å². The lowest BCUT2D eigenvalue weighted by Gasteiger charge is -2.09. The van der Waals surface area contributed by atoms with Crippen LogP contribution in [-0.2, 0) is 11.5 Å². The van der Waals surface area contributed by atoms with E-state index in [1.54, 1.807) is 14.2 Å². The van der Waals surface area contributed by atoms with Gasteiger partial charge in [-0.05, 0) is 24.3 Å². The van der Waals surface area contributed by atoms with E-state index in [9.17, 15) is 0 Å². The van der Waals surface area contributed by atoms with Gasteiger partial charge in [0.1, 0.15) is 23.8 Å². The molecular formula is C16H17N3O2. The van der Waals surface area contributed by atoms with Crippen LogP contribution >= 0.6 is 0 Å². The highest BCUT2D eigenvalue weighted by atomic mass is 16.5. The number of ether oxygens (including phenoxy) is 2. The minimum atomic E-state index is 0.409. The Labute approximate surface area is 122 Å². The molecule has 0 saturated heterocycles. The lowest BCUT2D eigenvalue weighted by molar-refractivity contribution is 0.135. The monoisotopic (exact) mass is 283 g/mol. The molecule has 2 aromatic carbocycles. The van der Waals surface area contributed by atoms with Crippen LogP contribution in [0.1, 0.15) is 0 Å². The molecule has 108 valence electrons. The summed E-state index contributed by atoms with van der Waals surface area (Å²) in [4.78, 5) is 4.68. The zero-order valence-corrected chi connectivity index (χ0v) is 12.0. The van der Waals surface area contributed by atoms with Gasteiger partial charge in [-0.3, -0.25) is 4.57 Å². The smallest absolute Gasteiger partial charge is 0.143 e. The molecule has 0 bridgehead atoms. The van der Waals surface area contributed by atoms with Crippen molar-refractivity contribution in [1.82, 2.24) is 9.55 Å². The predicted molar refractivity (Wildman–Crippen MR) is 83.1 cm³/mol. The van der Waals surface area contributed by atoms with Crippen LogP contribution in [0, 0.1) is 0 Å².